The Balaban J connectivity index is 2.36. The molecule has 1 fully saturated rings. The zero-order chi connectivity index (χ0) is 8.10. The third-order valence-electron chi connectivity index (χ3n) is 1.75. The maximum atomic E-state index is 11.1. The molecule has 2 N–H and O–H groups in total. The first-order valence-corrected chi connectivity index (χ1v) is 3.84. The molecule has 0 aliphatic carbocycles. The zero-order valence-electron chi connectivity index (χ0n) is 6.72. The van der Waals surface area contributed by atoms with Crippen molar-refractivity contribution in [2.75, 3.05) is 33.4 Å². The van der Waals surface area contributed by atoms with Crippen LogP contribution in [0.5, 0.6) is 0 Å². The maximum absolute atomic E-state index is 11.1. The number of hydrogen-bond acceptors (Lipinski definition) is 3. The molecular formula is C7H14N2O2. The van der Waals surface area contributed by atoms with Crippen molar-refractivity contribution >= 4 is 5.91 Å². The molecule has 4 heteroatoms. The van der Waals surface area contributed by atoms with Crippen LogP contribution in [0, 0.1) is 5.92 Å². The zero-order valence-corrected chi connectivity index (χ0v) is 6.72. The van der Waals surface area contributed by atoms with E-state index in [9.17, 15) is 4.79 Å². The van der Waals surface area contributed by atoms with E-state index in [0.717, 1.165) is 13.1 Å². The maximum Gasteiger partial charge on any atom is 0.226 e. The van der Waals surface area contributed by atoms with Crippen molar-refractivity contribution < 1.29 is 9.53 Å². The molecule has 0 saturated carbocycles. The van der Waals surface area contributed by atoms with Crippen LogP contribution in [0.3, 0.4) is 0 Å². The molecular weight excluding hydrogens is 144 g/mol. The van der Waals surface area contributed by atoms with Gasteiger partial charge >= 0.3 is 0 Å². The van der Waals surface area contributed by atoms with Gasteiger partial charge in [0.05, 0.1) is 19.1 Å². The SMILES string of the molecule is CNC(=O)[C@H]1CNCCOC1. The van der Waals surface area contributed by atoms with E-state index in [1.807, 2.05) is 0 Å². The molecule has 11 heavy (non-hydrogen) atoms. The normalized spacial score (nSPS) is 25.7. The van der Waals surface area contributed by atoms with Gasteiger partial charge in [0.1, 0.15) is 0 Å². The van der Waals surface area contributed by atoms with Gasteiger partial charge in [0.2, 0.25) is 5.91 Å². The van der Waals surface area contributed by atoms with Gasteiger partial charge in [-0.15, -0.1) is 0 Å². The second-order valence-corrected chi connectivity index (χ2v) is 2.59. The Hall–Kier alpha value is -0.610. The topological polar surface area (TPSA) is 50.4 Å². The number of carbonyl (C=O) groups excluding carboxylic acids is 1. The van der Waals surface area contributed by atoms with Gasteiger partial charge < -0.3 is 15.4 Å². The summed E-state index contributed by atoms with van der Waals surface area (Å²) in [5.74, 6) is 0.0295. The van der Waals surface area contributed by atoms with Crippen LogP contribution >= 0.6 is 0 Å². The number of nitrogens with one attached hydrogen (secondary N) is 2. The number of hydrogen-bond donors (Lipinski definition) is 2. The third kappa shape index (κ3) is 2.48. The van der Waals surface area contributed by atoms with Crippen LogP contribution in [0.4, 0.5) is 0 Å². The summed E-state index contributed by atoms with van der Waals surface area (Å²) in [6.07, 6.45) is 0. The van der Waals surface area contributed by atoms with Gasteiger partial charge in [0.25, 0.3) is 0 Å². The highest BCUT2D eigenvalue weighted by Gasteiger charge is 2.18. The molecule has 1 aliphatic heterocycles. The fraction of sp³-hybridized carbons (Fsp3) is 0.857. The predicted molar refractivity (Wildman–Crippen MR) is 41.2 cm³/mol. The van der Waals surface area contributed by atoms with Crippen LogP contribution in [0.1, 0.15) is 0 Å². The lowest BCUT2D eigenvalue weighted by molar-refractivity contribution is -0.125. The highest BCUT2D eigenvalue weighted by atomic mass is 16.5. The number of rotatable bonds is 1. The summed E-state index contributed by atoms with van der Waals surface area (Å²) in [5, 5.41) is 5.73. The number of carbonyl (C=O) groups is 1. The van der Waals surface area contributed by atoms with Crippen molar-refractivity contribution in [3.63, 3.8) is 0 Å². The Bertz CT molecular complexity index is 130. The van der Waals surface area contributed by atoms with Gasteiger partial charge in [0.15, 0.2) is 0 Å². The van der Waals surface area contributed by atoms with Crippen LogP contribution in [0.25, 0.3) is 0 Å². The largest absolute Gasteiger partial charge is 0.379 e. The standard InChI is InChI=1S/C7H14N2O2/c1-8-7(10)6-4-9-2-3-11-5-6/h6,9H,2-5H2,1H3,(H,8,10)/t6-/m0/s1. The molecule has 0 radical (unpaired) electrons. The first kappa shape index (κ1) is 8.49. The van der Waals surface area contributed by atoms with E-state index < -0.39 is 0 Å². The van der Waals surface area contributed by atoms with E-state index >= 15 is 0 Å². The van der Waals surface area contributed by atoms with Crippen LogP contribution in [-0.4, -0.2) is 39.3 Å². The van der Waals surface area contributed by atoms with Crippen molar-refractivity contribution in [1.82, 2.24) is 10.6 Å². The molecule has 0 aromatic rings. The Labute approximate surface area is 66.3 Å². The molecule has 1 amide bonds. The molecule has 1 atom stereocenters. The van der Waals surface area contributed by atoms with Crippen LogP contribution in [-0.2, 0) is 9.53 Å². The average molecular weight is 158 g/mol. The lowest BCUT2D eigenvalue weighted by Crippen LogP contribution is -2.35. The van der Waals surface area contributed by atoms with Crippen LogP contribution < -0.4 is 10.6 Å². The molecule has 4 nitrogen and oxygen atoms in total. The predicted octanol–water partition coefficient (Wildman–Crippen LogP) is -1.03. The van der Waals surface area contributed by atoms with Gasteiger partial charge in [-0.2, -0.15) is 0 Å². The Morgan fingerprint density at radius 2 is 2.55 bits per heavy atom. The van der Waals surface area contributed by atoms with E-state index in [1.54, 1.807) is 7.05 Å². The van der Waals surface area contributed by atoms with Gasteiger partial charge in [0, 0.05) is 20.1 Å². The summed E-state index contributed by atoms with van der Waals surface area (Å²) >= 11 is 0. The second-order valence-electron chi connectivity index (χ2n) is 2.59. The fourth-order valence-electron chi connectivity index (χ4n) is 1.08. The van der Waals surface area contributed by atoms with Gasteiger partial charge in [-0.3, -0.25) is 4.79 Å². The molecule has 0 aromatic heterocycles. The summed E-state index contributed by atoms with van der Waals surface area (Å²) in [4.78, 5) is 11.1. The van der Waals surface area contributed by atoms with Crippen LogP contribution in [0.2, 0.25) is 0 Å². The van der Waals surface area contributed by atoms with Crippen LogP contribution in [0.15, 0.2) is 0 Å². The summed E-state index contributed by atoms with van der Waals surface area (Å²) < 4.78 is 5.21. The van der Waals surface area contributed by atoms with Crippen molar-refractivity contribution in [3.05, 3.63) is 0 Å². The summed E-state index contributed by atoms with van der Waals surface area (Å²) in [7, 11) is 1.65. The van der Waals surface area contributed by atoms with Gasteiger partial charge in [-0.25, -0.2) is 0 Å². The van der Waals surface area contributed by atoms with Crippen molar-refractivity contribution in [1.29, 1.82) is 0 Å². The summed E-state index contributed by atoms with van der Waals surface area (Å²) in [6, 6.07) is 0. The van der Waals surface area contributed by atoms with Gasteiger partial charge in [-0.1, -0.05) is 0 Å². The van der Waals surface area contributed by atoms with E-state index in [2.05, 4.69) is 10.6 Å². The molecule has 0 aromatic carbocycles. The fourth-order valence-corrected chi connectivity index (χ4v) is 1.08. The summed E-state index contributed by atoms with van der Waals surface area (Å²) in [6.45, 7) is 2.80. The highest BCUT2D eigenvalue weighted by molar-refractivity contribution is 5.78. The van der Waals surface area contributed by atoms with E-state index in [-0.39, 0.29) is 11.8 Å². The quantitative estimate of drug-likeness (QED) is 0.513. The minimum absolute atomic E-state index is 0.0255. The van der Waals surface area contributed by atoms with Crippen molar-refractivity contribution in [3.8, 4) is 0 Å². The Morgan fingerprint density at radius 1 is 1.73 bits per heavy atom. The molecule has 0 unspecified atom stereocenters. The summed E-state index contributed by atoms with van der Waals surface area (Å²) in [5.41, 5.74) is 0. The minimum atomic E-state index is -0.0255. The minimum Gasteiger partial charge on any atom is -0.379 e. The molecule has 0 bridgehead atoms. The smallest absolute Gasteiger partial charge is 0.226 e. The van der Waals surface area contributed by atoms with Crippen molar-refractivity contribution in [2.24, 2.45) is 5.92 Å². The Morgan fingerprint density at radius 3 is 3.27 bits per heavy atom. The van der Waals surface area contributed by atoms with Gasteiger partial charge in [-0.05, 0) is 0 Å². The number of amides is 1. The average Bonchev–Trinajstić information content (AvgIpc) is 2.30. The molecule has 64 valence electrons. The van der Waals surface area contributed by atoms with Crippen molar-refractivity contribution in [2.45, 2.75) is 0 Å². The third-order valence-corrected chi connectivity index (χ3v) is 1.75. The highest BCUT2D eigenvalue weighted by Crippen LogP contribution is 1.98. The Kier molecular flexibility index (Phi) is 3.32. The molecule has 1 aliphatic rings. The first-order valence-electron chi connectivity index (χ1n) is 3.84. The lowest BCUT2D eigenvalue weighted by Gasteiger charge is -2.10. The molecule has 1 heterocycles. The molecule has 0 spiro atoms. The molecule has 1 rings (SSSR count). The van der Waals surface area contributed by atoms with E-state index in [4.69, 9.17) is 4.74 Å². The molecule has 1 saturated heterocycles. The van der Waals surface area contributed by atoms with E-state index in [1.165, 1.54) is 0 Å². The lowest BCUT2D eigenvalue weighted by atomic mass is 10.1. The van der Waals surface area contributed by atoms with E-state index in [0.29, 0.717) is 13.2 Å². The first-order chi connectivity index (χ1) is 5.34. The second kappa shape index (κ2) is 4.31. The number of ether oxygens (including phenoxy) is 1. The monoisotopic (exact) mass is 158 g/mol.